The molecule has 0 saturated carbocycles. The number of nitrogens with two attached hydrogens (primary N) is 1. The van der Waals surface area contributed by atoms with Gasteiger partial charge in [-0.05, 0) is 23.3 Å². The second-order valence-electron chi connectivity index (χ2n) is 2.96. The Morgan fingerprint density at radius 2 is 2.33 bits per heavy atom. The Balaban J connectivity index is 2.46. The summed E-state index contributed by atoms with van der Waals surface area (Å²) < 4.78 is 5.28. The molecule has 12 heavy (non-hydrogen) atoms. The van der Waals surface area contributed by atoms with Crippen molar-refractivity contribution in [1.29, 1.82) is 0 Å². The van der Waals surface area contributed by atoms with Gasteiger partial charge in [0.1, 0.15) is 0 Å². The molecule has 0 aromatic heterocycles. The van der Waals surface area contributed by atoms with Crippen LogP contribution in [0.2, 0.25) is 5.02 Å². The molecule has 2 nitrogen and oxygen atoms in total. The molecular weight excluding hydrogens is 174 g/mol. The monoisotopic (exact) mass is 183 g/mol. The van der Waals surface area contributed by atoms with Crippen LogP contribution in [0.15, 0.2) is 18.2 Å². The van der Waals surface area contributed by atoms with Crippen molar-refractivity contribution in [3.05, 3.63) is 34.3 Å². The fraction of sp³-hybridized carbons (Fsp3) is 0.333. The summed E-state index contributed by atoms with van der Waals surface area (Å²) in [5, 5.41) is 0.742. The van der Waals surface area contributed by atoms with Crippen LogP contribution >= 0.6 is 11.6 Å². The van der Waals surface area contributed by atoms with Gasteiger partial charge in [0.2, 0.25) is 0 Å². The minimum Gasteiger partial charge on any atom is -0.375 e. The molecule has 0 unspecified atom stereocenters. The Morgan fingerprint density at radius 3 is 3.17 bits per heavy atom. The topological polar surface area (TPSA) is 35.2 Å². The van der Waals surface area contributed by atoms with Gasteiger partial charge in [0.25, 0.3) is 0 Å². The number of benzene rings is 1. The molecule has 1 heterocycles. The van der Waals surface area contributed by atoms with Crippen LogP contribution < -0.4 is 5.73 Å². The molecule has 2 rings (SSSR count). The third-order valence-corrected chi connectivity index (χ3v) is 2.29. The SMILES string of the molecule is N[C@H]1COCc2cc(Cl)ccc21. The summed E-state index contributed by atoms with van der Waals surface area (Å²) in [5.41, 5.74) is 8.10. The summed E-state index contributed by atoms with van der Waals surface area (Å²) in [4.78, 5) is 0. The minimum atomic E-state index is 0.00557. The van der Waals surface area contributed by atoms with E-state index in [2.05, 4.69) is 0 Å². The predicted octanol–water partition coefficient (Wildman–Crippen LogP) is 1.87. The summed E-state index contributed by atoms with van der Waals surface area (Å²) >= 11 is 5.83. The van der Waals surface area contributed by atoms with E-state index in [1.807, 2.05) is 18.2 Å². The lowest BCUT2D eigenvalue weighted by Gasteiger charge is -2.22. The zero-order chi connectivity index (χ0) is 8.55. The normalized spacial score (nSPS) is 22.0. The highest BCUT2D eigenvalue weighted by Crippen LogP contribution is 2.25. The summed E-state index contributed by atoms with van der Waals surface area (Å²) in [5.74, 6) is 0. The maximum atomic E-state index is 5.83. The van der Waals surface area contributed by atoms with Crippen molar-refractivity contribution in [2.24, 2.45) is 5.73 Å². The Hall–Kier alpha value is -0.570. The molecule has 0 aliphatic carbocycles. The van der Waals surface area contributed by atoms with Gasteiger partial charge < -0.3 is 10.5 Å². The molecule has 0 saturated heterocycles. The highest BCUT2D eigenvalue weighted by molar-refractivity contribution is 6.30. The van der Waals surface area contributed by atoms with E-state index in [0.717, 1.165) is 16.1 Å². The average molecular weight is 184 g/mol. The number of halogens is 1. The van der Waals surface area contributed by atoms with Gasteiger partial charge in [0.15, 0.2) is 0 Å². The molecule has 1 aromatic carbocycles. The van der Waals surface area contributed by atoms with Crippen molar-refractivity contribution in [3.8, 4) is 0 Å². The third kappa shape index (κ3) is 1.33. The summed E-state index contributed by atoms with van der Waals surface area (Å²) in [6.45, 7) is 1.23. The molecule has 1 aliphatic heterocycles. The van der Waals surface area contributed by atoms with Crippen molar-refractivity contribution < 1.29 is 4.74 Å². The first-order chi connectivity index (χ1) is 5.77. The molecule has 0 fully saturated rings. The highest BCUT2D eigenvalue weighted by atomic mass is 35.5. The van der Waals surface area contributed by atoms with Crippen molar-refractivity contribution in [2.45, 2.75) is 12.6 Å². The second kappa shape index (κ2) is 3.05. The van der Waals surface area contributed by atoms with Gasteiger partial charge in [-0.1, -0.05) is 17.7 Å². The largest absolute Gasteiger partial charge is 0.375 e. The number of ether oxygens (including phenoxy) is 1. The zero-order valence-corrected chi connectivity index (χ0v) is 7.34. The maximum absolute atomic E-state index is 5.83. The summed E-state index contributed by atoms with van der Waals surface area (Å²) in [7, 11) is 0. The molecule has 3 heteroatoms. The van der Waals surface area contributed by atoms with Crippen LogP contribution in [0, 0.1) is 0 Å². The molecule has 2 N–H and O–H groups in total. The Bertz CT molecular complexity index is 301. The lowest BCUT2D eigenvalue weighted by Crippen LogP contribution is -2.23. The summed E-state index contributed by atoms with van der Waals surface area (Å²) in [6.07, 6.45) is 0. The van der Waals surface area contributed by atoms with Gasteiger partial charge in [-0.3, -0.25) is 0 Å². The second-order valence-corrected chi connectivity index (χ2v) is 3.40. The smallest absolute Gasteiger partial charge is 0.0721 e. The number of hydrogen-bond donors (Lipinski definition) is 1. The predicted molar refractivity (Wildman–Crippen MR) is 48.0 cm³/mol. The molecule has 64 valence electrons. The first-order valence-electron chi connectivity index (χ1n) is 3.89. The quantitative estimate of drug-likeness (QED) is 0.667. The standard InChI is InChI=1S/C9H10ClNO/c10-7-1-2-8-6(3-7)4-12-5-9(8)11/h1-3,9H,4-5,11H2/t9-/m0/s1. The molecule has 0 amide bonds. The molecular formula is C9H10ClNO. The van der Waals surface area contributed by atoms with E-state index in [0.29, 0.717) is 13.2 Å². The Morgan fingerprint density at radius 1 is 1.50 bits per heavy atom. The van der Waals surface area contributed by atoms with E-state index in [1.165, 1.54) is 0 Å². The van der Waals surface area contributed by atoms with E-state index < -0.39 is 0 Å². The van der Waals surface area contributed by atoms with Crippen LogP contribution in [0.25, 0.3) is 0 Å². The van der Waals surface area contributed by atoms with Crippen LogP contribution in [0.3, 0.4) is 0 Å². The van der Waals surface area contributed by atoms with Crippen molar-refractivity contribution in [1.82, 2.24) is 0 Å². The minimum absolute atomic E-state index is 0.00557. The van der Waals surface area contributed by atoms with E-state index in [1.54, 1.807) is 0 Å². The Kier molecular flexibility index (Phi) is 2.05. The van der Waals surface area contributed by atoms with Crippen LogP contribution in [0.5, 0.6) is 0 Å². The maximum Gasteiger partial charge on any atom is 0.0721 e. The van der Waals surface area contributed by atoms with Crippen LogP contribution in [0.4, 0.5) is 0 Å². The van der Waals surface area contributed by atoms with Gasteiger partial charge in [0, 0.05) is 5.02 Å². The van der Waals surface area contributed by atoms with E-state index in [4.69, 9.17) is 22.1 Å². The molecule has 1 aliphatic rings. The number of fused-ring (bicyclic) bond motifs is 1. The van der Waals surface area contributed by atoms with Crippen LogP contribution in [-0.4, -0.2) is 6.61 Å². The van der Waals surface area contributed by atoms with Crippen molar-refractivity contribution in [2.75, 3.05) is 6.61 Å². The number of hydrogen-bond acceptors (Lipinski definition) is 2. The fourth-order valence-corrected chi connectivity index (χ4v) is 1.64. The fourth-order valence-electron chi connectivity index (χ4n) is 1.45. The van der Waals surface area contributed by atoms with Gasteiger partial charge in [-0.2, -0.15) is 0 Å². The Labute approximate surface area is 76.3 Å². The molecule has 0 radical (unpaired) electrons. The van der Waals surface area contributed by atoms with E-state index >= 15 is 0 Å². The first-order valence-corrected chi connectivity index (χ1v) is 4.27. The average Bonchev–Trinajstić information content (AvgIpc) is 2.04. The lowest BCUT2D eigenvalue weighted by atomic mass is 10.00. The molecule has 0 spiro atoms. The van der Waals surface area contributed by atoms with Gasteiger partial charge >= 0.3 is 0 Å². The van der Waals surface area contributed by atoms with Gasteiger partial charge in [-0.15, -0.1) is 0 Å². The molecule has 1 aromatic rings. The first kappa shape index (κ1) is 8.05. The number of rotatable bonds is 0. The van der Waals surface area contributed by atoms with E-state index in [-0.39, 0.29) is 6.04 Å². The zero-order valence-electron chi connectivity index (χ0n) is 6.59. The summed E-state index contributed by atoms with van der Waals surface area (Å²) in [6, 6.07) is 5.76. The van der Waals surface area contributed by atoms with Crippen LogP contribution in [-0.2, 0) is 11.3 Å². The third-order valence-electron chi connectivity index (χ3n) is 2.06. The molecule has 0 bridgehead atoms. The van der Waals surface area contributed by atoms with E-state index in [9.17, 15) is 0 Å². The van der Waals surface area contributed by atoms with Crippen molar-refractivity contribution >= 4 is 11.6 Å². The van der Waals surface area contributed by atoms with Crippen molar-refractivity contribution in [3.63, 3.8) is 0 Å². The van der Waals surface area contributed by atoms with Gasteiger partial charge in [0.05, 0.1) is 19.3 Å². The van der Waals surface area contributed by atoms with Crippen LogP contribution in [0.1, 0.15) is 17.2 Å². The highest BCUT2D eigenvalue weighted by Gasteiger charge is 2.16. The van der Waals surface area contributed by atoms with Gasteiger partial charge in [-0.25, -0.2) is 0 Å². The molecule has 1 atom stereocenters. The lowest BCUT2D eigenvalue weighted by molar-refractivity contribution is 0.0924.